The van der Waals surface area contributed by atoms with Gasteiger partial charge in [-0.05, 0) is 19.1 Å². The Morgan fingerprint density at radius 1 is 1.44 bits per heavy atom. The van der Waals surface area contributed by atoms with Gasteiger partial charge in [0.15, 0.2) is 17.1 Å². The van der Waals surface area contributed by atoms with Crippen LogP contribution >= 0.6 is 0 Å². The van der Waals surface area contributed by atoms with Crippen LogP contribution in [0.25, 0.3) is 0 Å². The van der Waals surface area contributed by atoms with E-state index in [9.17, 15) is 9.90 Å². The first-order valence-electron chi connectivity index (χ1n) is 5.36. The standard InChI is InChI=1S/C12H14O6/c1-12(14,11(13)15-2)6-16-8-3-4-9-10(5-8)18-7-17-9/h3-5,14H,6-7H2,1-2H3. The molecule has 0 aliphatic carbocycles. The number of benzene rings is 1. The van der Waals surface area contributed by atoms with Gasteiger partial charge in [-0.3, -0.25) is 0 Å². The van der Waals surface area contributed by atoms with Crippen LogP contribution in [-0.2, 0) is 9.53 Å². The predicted octanol–water partition coefficient (Wildman–Crippen LogP) is 0.718. The highest BCUT2D eigenvalue weighted by Crippen LogP contribution is 2.35. The van der Waals surface area contributed by atoms with E-state index in [2.05, 4.69) is 4.74 Å². The second kappa shape index (κ2) is 4.73. The summed E-state index contributed by atoms with van der Waals surface area (Å²) < 4.78 is 20.1. The van der Waals surface area contributed by atoms with E-state index in [-0.39, 0.29) is 13.4 Å². The summed E-state index contributed by atoms with van der Waals surface area (Å²) in [5.41, 5.74) is -1.69. The number of carbonyl (C=O) groups excluding carboxylic acids is 1. The molecular weight excluding hydrogens is 240 g/mol. The molecular formula is C12H14O6. The van der Waals surface area contributed by atoms with E-state index in [4.69, 9.17) is 14.2 Å². The van der Waals surface area contributed by atoms with Crippen LogP contribution in [-0.4, -0.2) is 37.2 Å². The summed E-state index contributed by atoms with van der Waals surface area (Å²) in [5.74, 6) is 0.943. The number of esters is 1. The molecule has 1 atom stereocenters. The number of rotatable bonds is 4. The van der Waals surface area contributed by atoms with Gasteiger partial charge in [0.1, 0.15) is 12.4 Å². The van der Waals surface area contributed by atoms with E-state index < -0.39 is 11.6 Å². The molecule has 0 spiro atoms. The van der Waals surface area contributed by atoms with Gasteiger partial charge in [0, 0.05) is 6.07 Å². The van der Waals surface area contributed by atoms with Crippen molar-refractivity contribution >= 4 is 5.97 Å². The lowest BCUT2D eigenvalue weighted by molar-refractivity contribution is -0.163. The average Bonchev–Trinajstić information content (AvgIpc) is 2.82. The molecule has 18 heavy (non-hydrogen) atoms. The van der Waals surface area contributed by atoms with Crippen LogP contribution in [0.5, 0.6) is 17.2 Å². The van der Waals surface area contributed by atoms with Crippen molar-refractivity contribution in [1.29, 1.82) is 0 Å². The zero-order valence-corrected chi connectivity index (χ0v) is 10.1. The molecule has 0 aromatic heterocycles. The monoisotopic (exact) mass is 254 g/mol. The SMILES string of the molecule is COC(=O)C(C)(O)COc1ccc2c(c1)OCO2. The molecule has 6 nitrogen and oxygen atoms in total. The second-order valence-corrected chi connectivity index (χ2v) is 4.07. The van der Waals surface area contributed by atoms with Crippen LogP contribution in [0.1, 0.15) is 6.92 Å². The summed E-state index contributed by atoms with van der Waals surface area (Å²) in [6.45, 7) is 1.30. The number of methoxy groups -OCH3 is 1. The molecule has 0 saturated carbocycles. The Bertz CT molecular complexity index is 454. The fourth-order valence-corrected chi connectivity index (χ4v) is 1.47. The average molecular weight is 254 g/mol. The Labute approximate surface area is 104 Å². The van der Waals surface area contributed by atoms with E-state index in [0.717, 1.165) is 0 Å². The van der Waals surface area contributed by atoms with Gasteiger partial charge in [-0.25, -0.2) is 4.79 Å². The Morgan fingerprint density at radius 2 is 2.17 bits per heavy atom. The van der Waals surface area contributed by atoms with Crippen molar-refractivity contribution in [2.24, 2.45) is 0 Å². The number of ether oxygens (including phenoxy) is 4. The van der Waals surface area contributed by atoms with E-state index in [1.807, 2.05) is 0 Å². The van der Waals surface area contributed by atoms with Gasteiger partial charge in [-0.2, -0.15) is 0 Å². The summed E-state index contributed by atoms with van der Waals surface area (Å²) in [7, 11) is 1.21. The normalized spacial score (nSPS) is 15.9. The highest BCUT2D eigenvalue weighted by molar-refractivity contribution is 5.78. The van der Waals surface area contributed by atoms with Gasteiger partial charge >= 0.3 is 5.97 Å². The third-order valence-electron chi connectivity index (χ3n) is 2.49. The first-order chi connectivity index (χ1) is 8.53. The number of hydrogen-bond donors (Lipinski definition) is 1. The van der Waals surface area contributed by atoms with Gasteiger partial charge in [0.2, 0.25) is 6.79 Å². The number of fused-ring (bicyclic) bond motifs is 1. The van der Waals surface area contributed by atoms with Crippen LogP contribution in [0.2, 0.25) is 0 Å². The maximum Gasteiger partial charge on any atom is 0.341 e. The molecule has 0 amide bonds. The Hall–Kier alpha value is -1.95. The summed E-state index contributed by atoms with van der Waals surface area (Å²) in [4.78, 5) is 11.2. The van der Waals surface area contributed by atoms with Gasteiger partial charge in [0.25, 0.3) is 0 Å². The molecule has 0 fully saturated rings. The second-order valence-electron chi connectivity index (χ2n) is 4.07. The molecule has 1 aliphatic heterocycles. The molecule has 0 radical (unpaired) electrons. The zero-order valence-electron chi connectivity index (χ0n) is 10.1. The van der Waals surface area contributed by atoms with Crippen molar-refractivity contribution in [3.05, 3.63) is 18.2 Å². The molecule has 1 aromatic carbocycles. The lowest BCUT2D eigenvalue weighted by Gasteiger charge is -2.20. The van der Waals surface area contributed by atoms with E-state index in [0.29, 0.717) is 17.2 Å². The highest BCUT2D eigenvalue weighted by atomic mass is 16.7. The van der Waals surface area contributed by atoms with Crippen molar-refractivity contribution in [3.8, 4) is 17.2 Å². The Balaban J connectivity index is 2.00. The summed E-state index contributed by atoms with van der Waals surface area (Å²) in [5, 5.41) is 9.78. The minimum Gasteiger partial charge on any atom is -0.490 e. The molecule has 1 heterocycles. The zero-order chi connectivity index (χ0) is 13.2. The van der Waals surface area contributed by atoms with E-state index >= 15 is 0 Å². The minimum atomic E-state index is -1.69. The summed E-state index contributed by atoms with van der Waals surface area (Å²) in [6, 6.07) is 5.00. The fraction of sp³-hybridized carbons (Fsp3) is 0.417. The van der Waals surface area contributed by atoms with Crippen molar-refractivity contribution in [2.75, 3.05) is 20.5 Å². The maximum atomic E-state index is 11.2. The molecule has 0 saturated heterocycles. The predicted molar refractivity (Wildman–Crippen MR) is 60.7 cm³/mol. The molecule has 1 aliphatic rings. The van der Waals surface area contributed by atoms with Gasteiger partial charge in [-0.15, -0.1) is 0 Å². The third kappa shape index (κ3) is 2.48. The Kier molecular flexibility index (Phi) is 3.29. The maximum absolute atomic E-state index is 11.2. The number of hydrogen-bond acceptors (Lipinski definition) is 6. The lowest BCUT2D eigenvalue weighted by Crippen LogP contribution is -2.42. The van der Waals surface area contributed by atoms with Crippen LogP contribution in [0.4, 0.5) is 0 Å². The first kappa shape index (κ1) is 12.5. The largest absolute Gasteiger partial charge is 0.490 e. The van der Waals surface area contributed by atoms with E-state index in [1.165, 1.54) is 14.0 Å². The molecule has 1 N–H and O–H groups in total. The van der Waals surface area contributed by atoms with Crippen molar-refractivity contribution in [2.45, 2.75) is 12.5 Å². The first-order valence-corrected chi connectivity index (χ1v) is 5.36. The fourth-order valence-electron chi connectivity index (χ4n) is 1.47. The van der Waals surface area contributed by atoms with Crippen LogP contribution < -0.4 is 14.2 Å². The van der Waals surface area contributed by atoms with Crippen molar-refractivity contribution < 1.29 is 28.8 Å². The molecule has 0 bridgehead atoms. The van der Waals surface area contributed by atoms with Crippen molar-refractivity contribution in [3.63, 3.8) is 0 Å². The van der Waals surface area contributed by atoms with Gasteiger partial charge in [0.05, 0.1) is 7.11 Å². The third-order valence-corrected chi connectivity index (χ3v) is 2.49. The molecule has 2 rings (SSSR count). The Morgan fingerprint density at radius 3 is 2.89 bits per heavy atom. The molecule has 98 valence electrons. The van der Waals surface area contributed by atoms with Gasteiger partial charge < -0.3 is 24.1 Å². The van der Waals surface area contributed by atoms with Gasteiger partial charge in [-0.1, -0.05) is 0 Å². The highest BCUT2D eigenvalue weighted by Gasteiger charge is 2.32. The topological polar surface area (TPSA) is 74.2 Å². The van der Waals surface area contributed by atoms with Crippen LogP contribution in [0, 0.1) is 0 Å². The number of carbonyl (C=O) groups is 1. The molecule has 1 aromatic rings. The van der Waals surface area contributed by atoms with Crippen molar-refractivity contribution in [1.82, 2.24) is 0 Å². The molecule has 6 heteroatoms. The quantitative estimate of drug-likeness (QED) is 0.798. The summed E-state index contributed by atoms with van der Waals surface area (Å²) in [6.07, 6.45) is 0. The molecule has 1 unspecified atom stereocenters. The van der Waals surface area contributed by atoms with E-state index in [1.54, 1.807) is 18.2 Å². The minimum absolute atomic E-state index is 0.179. The smallest absolute Gasteiger partial charge is 0.341 e. The lowest BCUT2D eigenvalue weighted by atomic mass is 10.1. The summed E-state index contributed by atoms with van der Waals surface area (Å²) >= 11 is 0. The number of aliphatic hydroxyl groups is 1. The van der Waals surface area contributed by atoms with Crippen LogP contribution in [0.15, 0.2) is 18.2 Å². The van der Waals surface area contributed by atoms with Crippen LogP contribution in [0.3, 0.4) is 0 Å².